The van der Waals surface area contributed by atoms with Gasteiger partial charge in [-0.1, -0.05) is 72.8 Å². The molecule has 0 heterocycles. The van der Waals surface area contributed by atoms with Crippen LogP contribution in [0.5, 0.6) is 0 Å². The molecule has 0 aliphatic carbocycles. The highest BCUT2D eigenvalue weighted by atomic mass is 19.4. The van der Waals surface area contributed by atoms with E-state index in [1.807, 2.05) is 0 Å². The Morgan fingerprint density at radius 1 is 0.850 bits per heavy atom. The van der Waals surface area contributed by atoms with Crippen molar-refractivity contribution in [3.63, 3.8) is 0 Å². The fourth-order valence-corrected chi connectivity index (χ4v) is 4.21. The van der Waals surface area contributed by atoms with Crippen molar-refractivity contribution in [3.8, 4) is 0 Å². The molecule has 0 aliphatic heterocycles. The summed E-state index contributed by atoms with van der Waals surface area (Å²) >= 11 is 0. The number of halogens is 6. The number of nitrogens with zero attached hydrogens (tertiary/aromatic N) is 1. The number of rotatable bonds is 9. The lowest BCUT2D eigenvalue weighted by Gasteiger charge is -2.34. The number of alkyl halides is 6. The zero-order chi connectivity index (χ0) is 29.5. The van der Waals surface area contributed by atoms with Gasteiger partial charge in [0.25, 0.3) is 5.91 Å². The number of carbonyl (C=O) groups is 2. The highest BCUT2D eigenvalue weighted by Gasteiger charge is 2.38. The lowest BCUT2D eigenvalue weighted by atomic mass is 9.83. The SMILES string of the molecule is C=CCNC(=O)C=CC(C(c1ccccc1)c1ccccc1)N(C)C(=O)c1cc(C(F)(F)F)cc(C(F)(F)F)c1. The molecule has 0 aliphatic rings. The van der Waals surface area contributed by atoms with E-state index in [-0.39, 0.29) is 12.6 Å². The fourth-order valence-electron chi connectivity index (χ4n) is 4.21. The lowest BCUT2D eigenvalue weighted by molar-refractivity contribution is -0.143. The van der Waals surface area contributed by atoms with Gasteiger partial charge in [-0.25, -0.2) is 0 Å². The first kappa shape index (κ1) is 30.2. The van der Waals surface area contributed by atoms with Crippen LogP contribution in [-0.2, 0) is 17.1 Å². The third kappa shape index (κ3) is 7.62. The van der Waals surface area contributed by atoms with Crippen LogP contribution in [0.4, 0.5) is 26.3 Å². The molecule has 0 saturated heterocycles. The highest BCUT2D eigenvalue weighted by molar-refractivity contribution is 5.95. The number of likely N-dealkylation sites (N-methyl/N-ethyl adjacent to an activating group) is 1. The minimum atomic E-state index is -5.12. The number of nitrogens with one attached hydrogen (secondary N) is 1. The van der Waals surface area contributed by atoms with Gasteiger partial charge in [0, 0.05) is 31.1 Å². The third-order valence-corrected chi connectivity index (χ3v) is 6.13. The predicted octanol–water partition coefficient (Wildman–Crippen LogP) is 6.86. The molecule has 0 spiro atoms. The van der Waals surface area contributed by atoms with E-state index in [0.717, 1.165) is 4.90 Å². The first-order chi connectivity index (χ1) is 18.8. The van der Waals surface area contributed by atoms with Gasteiger partial charge in [-0.15, -0.1) is 6.58 Å². The first-order valence-electron chi connectivity index (χ1n) is 12.1. The minimum absolute atomic E-state index is 0.0329. The van der Waals surface area contributed by atoms with Crippen molar-refractivity contribution < 1.29 is 35.9 Å². The van der Waals surface area contributed by atoms with Gasteiger partial charge in [-0.05, 0) is 29.3 Å². The molecule has 3 aromatic rings. The highest BCUT2D eigenvalue weighted by Crippen LogP contribution is 2.37. The Bertz CT molecular complexity index is 1280. The average Bonchev–Trinajstić information content (AvgIpc) is 2.93. The first-order valence-corrected chi connectivity index (χ1v) is 12.1. The number of amides is 2. The summed E-state index contributed by atoms with van der Waals surface area (Å²) in [5, 5.41) is 2.56. The number of hydrogen-bond acceptors (Lipinski definition) is 2. The van der Waals surface area contributed by atoms with Crippen molar-refractivity contribution in [1.29, 1.82) is 0 Å². The molecular weight excluding hydrogens is 534 g/mol. The van der Waals surface area contributed by atoms with Crippen LogP contribution in [-0.4, -0.2) is 36.3 Å². The molecule has 1 unspecified atom stereocenters. The molecule has 10 heteroatoms. The maximum atomic E-state index is 13.6. The Kier molecular flexibility index (Phi) is 9.57. The smallest absolute Gasteiger partial charge is 0.349 e. The Balaban J connectivity index is 2.17. The van der Waals surface area contributed by atoms with Crippen molar-refractivity contribution in [2.24, 2.45) is 0 Å². The van der Waals surface area contributed by atoms with Gasteiger partial charge in [-0.3, -0.25) is 9.59 Å². The summed E-state index contributed by atoms with van der Waals surface area (Å²) in [7, 11) is 1.27. The van der Waals surface area contributed by atoms with E-state index in [0.29, 0.717) is 23.3 Å². The van der Waals surface area contributed by atoms with E-state index in [4.69, 9.17) is 0 Å². The van der Waals surface area contributed by atoms with Crippen LogP contribution < -0.4 is 5.32 Å². The minimum Gasteiger partial charge on any atom is -0.349 e. The van der Waals surface area contributed by atoms with Crippen LogP contribution >= 0.6 is 0 Å². The summed E-state index contributed by atoms with van der Waals surface area (Å²) in [5.74, 6) is -2.24. The number of hydrogen-bond donors (Lipinski definition) is 1. The van der Waals surface area contributed by atoms with E-state index in [9.17, 15) is 35.9 Å². The van der Waals surface area contributed by atoms with E-state index in [1.54, 1.807) is 60.7 Å². The summed E-state index contributed by atoms with van der Waals surface area (Å²) in [6.45, 7) is 3.68. The molecule has 40 heavy (non-hydrogen) atoms. The quantitative estimate of drug-likeness (QED) is 0.177. The van der Waals surface area contributed by atoms with Crippen LogP contribution in [0.3, 0.4) is 0 Å². The van der Waals surface area contributed by atoms with E-state index >= 15 is 0 Å². The van der Waals surface area contributed by atoms with Gasteiger partial charge in [0.2, 0.25) is 5.91 Å². The van der Waals surface area contributed by atoms with Crippen molar-refractivity contribution in [2.45, 2.75) is 24.3 Å². The third-order valence-electron chi connectivity index (χ3n) is 6.13. The molecule has 1 N–H and O–H groups in total. The Hall–Kier alpha value is -4.34. The van der Waals surface area contributed by atoms with Crippen LogP contribution in [0, 0.1) is 0 Å². The van der Waals surface area contributed by atoms with Crippen LogP contribution in [0.15, 0.2) is 104 Å². The molecule has 0 radical (unpaired) electrons. The molecule has 0 aromatic heterocycles. The zero-order valence-electron chi connectivity index (χ0n) is 21.3. The van der Waals surface area contributed by atoms with E-state index < -0.39 is 52.8 Å². The van der Waals surface area contributed by atoms with Crippen molar-refractivity contribution in [2.75, 3.05) is 13.6 Å². The molecule has 2 amide bonds. The maximum absolute atomic E-state index is 13.6. The Labute approximate surface area is 227 Å². The molecular formula is C30H26F6N2O2. The number of carbonyl (C=O) groups excluding carboxylic acids is 2. The second-order valence-corrected chi connectivity index (χ2v) is 8.89. The van der Waals surface area contributed by atoms with E-state index in [2.05, 4.69) is 11.9 Å². The molecule has 0 saturated carbocycles. The maximum Gasteiger partial charge on any atom is 0.416 e. The summed E-state index contributed by atoms with van der Waals surface area (Å²) in [6, 6.07) is 17.5. The summed E-state index contributed by atoms with van der Waals surface area (Å²) in [5.41, 5.74) is -2.58. The summed E-state index contributed by atoms with van der Waals surface area (Å²) in [4.78, 5) is 27.0. The second-order valence-electron chi connectivity index (χ2n) is 8.89. The van der Waals surface area contributed by atoms with Gasteiger partial charge >= 0.3 is 12.4 Å². The van der Waals surface area contributed by atoms with Gasteiger partial charge in [-0.2, -0.15) is 26.3 Å². The van der Waals surface area contributed by atoms with Gasteiger partial charge in [0.05, 0.1) is 17.2 Å². The van der Waals surface area contributed by atoms with Gasteiger partial charge in [0.15, 0.2) is 0 Å². The molecule has 3 rings (SSSR count). The zero-order valence-corrected chi connectivity index (χ0v) is 21.3. The summed E-state index contributed by atoms with van der Waals surface area (Å²) < 4.78 is 80.9. The Morgan fingerprint density at radius 2 is 1.32 bits per heavy atom. The average molecular weight is 561 g/mol. The Morgan fingerprint density at radius 3 is 1.75 bits per heavy atom. The van der Waals surface area contributed by atoms with Crippen molar-refractivity contribution in [3.05, 3.63) is 131 Å². The van der Waals surface area contributed by atoms with Gasteiger partial charge < -0.3 is 10.2 Å². The molecule has 0 fully saturated rings. The monoisotopic (exact) mass is 560 g/mol. The van der Waals surface area contributed by atoms with Crippen molar-refractivity contribution in [1.82, 2.24) is 10.2 Å². The van der Waals surface area contributed by atoms with E-state index in [1.165, 1.54) is 25.3 Å². The molecule has 3 aromatic carbocycles. The fraction of sp³-hybridized carbons (Fsp3) is 0.200. The standard InChI is InChI=1S/C30H26F6N2O2/c1-3-16-37-26(39)15-14-25(27(20-10-6-4-7-11-20)21-12-8-5-9-13-21)38(2)28(40)22-17-23(29(31,32)33)19-24(18-22)30(34,35)36/h3-15,17-19,25,27H,1,16H2,2H3,(H,37,39). The normalized spacial score (nSPS) is 12.8. The molecule has 4 nitrogen and oxygen atoms in total. The molecule has 0 bridgehead atoms. The van der Waals surface area contributed by atoms with Gasteiger partial charge in [0.1, 0.15) is 0 Å². The van der Waals surface area contributed by atoms with Crippen LogP contribution in [0.1, 0.15) is 38.5 Å². The van der Waals surface area contributed by atoms with Crippen LogP contribution in [0.2, 0.25) is 0 Å². The lowest BCUT2D eigenvalue weighted by Crippen LogP contribution is -2.41. The summed E-state index contributed by atoms with van der Waals surface area (Å²) in [6.07, 6.45) is -6.20. The second kappa shape index (κ2) is 12.7. The molecule has 210 valence electrons. The largest absolute Gasteiger partial charge is 0.416 e. The van der Waals surface area contributed by atoms with Crippen molar-refractivity contribution >= 4 is 11.8 Å². The molecule has 1 atom stereocenters. The number of benzene rings is 3. The topological polar surface area (TPSA) is 49.4 Å². The predicted molar refractivity (Wildman–Crippen MR) is 139 cm³/mol. The van der Waals surface area contributed by atoms with Crippen LogP contribution in [0.25, 0.3) is 0 Å².